The van der Waals surface area contributed by atoms with Crippen LogP contribution in [0, 0.1) is 0 Å². The molecule has 1 rings (SSSR count). The minimum atomic E-state index is -4.55. The van der Waals surface area contributed by atoms with Crippen molar-refractivity contribution < 1.29 is 18.0 Å². The quantitative estimate of drug-likeness (QED) is 0.748. The lowest BCUT2D eigenvalue weighted by Gasteiger charge is -2.27. The fourth-order valence-electron chi connectivity index (χ4n) is 2.37. The Kier molecular flexibility index (Phi) is 6.87. The zero-order chi connectivity index (χ0) is 17.6. The van der Waals surface area contributed by atoms with Gasteiger partial charge in [0.1, 0.15) is 0 Å². The normalized spacial score (nSPS) is 13.2. The highest BCUT2D eigenvalue weighted by Crippen LogP contribution is 2.35. The van der Waals surface area contributed by atoms with E-state index in [1.807, 2.05) is 18.7 Å². The van der Waals surface area contributed by atoms with Crippen molar-refractivity contribution in [2.24, 2.45) is 0 Å². The zero-order valence-corrected chi connectivity index (χ0v) is 13.7. The molecule has 0 radical (unpaired) electrons. The van der Waals surface area contributed by atoms with Gasteiger partial charge in [-0.2, -0.15) is 13.2 Å². The van der Waals surface area contributed by atoms with Crippen LogP contribution in [0.1, 0.15) is 39.2 Å². The summed E-state index contributed by atoms with van der Waals surface area (Å²) in [5, 5.41) is 2.54. The van der Waals surface area contributed by atoms with Crippen LogP contribution < -0.4 is 11.1 Å². The number of halogens is 3. The molecule has 0 saturated heterocycles. The topological polar surface area (TPSA) is 58.4 Å². The van der Waals surface area contributed by atoms with E-state index in [0.29, 0.717) is 0 Å². The minimum absolute atomic E-state index is 0.0938. The molecule has 0 fully saturated rings. The standard InChI is InChI=1S/C16H24F3N3O/c1-4-8-22(9-5-2)11(3)15(23)21-12-6-7-14(20)13(10-12)16(17,18)19/h6-7,10-11H,4-5,8-9,20H2,1-3H3,(H,21,23). The summed E-state index contributed by atoms with van der Waals surface area (Å²) in [6, 6.07) is 2.98. The van der Waals surface area contributed by atoms with Crippen LogP contribution >= 0.6 is 0 Å². The van der Waals surface area contributed by atoms with Crippen LogP contribution in [-0.2, 0) is 11.0 Å². The molecule has 7 heteroatoms. The van der Waals surface area contributed by atoms with Crippen LogP contribution in [0.2, 0.25) is 0 Å². The van der Waals surface area contributed by atoms with Gasteiger partial charge in [0.25, 0.3) is 0 Å². The summed E-state index contributed by atoms with van der Waals surface area (Å²) in [6.07, 6.45) is -2.75. The Morgan fingerprint density at radius 1 is 1.26 bits per heavy atom. The van der Waals surface area contributed by atoms with E-state index in [-0.39, 0.29) is 17.3 Å². The fraction of sp³-hybridized carbons (Fsp3) is 0.562. The molecule has 1 unspecified atom stereocenters. The second kappa shape index (κ2) is 8.19. The van der Waals surface area contributed by atoms with Gasteiger partial charge in [-0.3, -0.25) is 9.69 Å². The van der Waals surface area contributed by atoms with Crippen molar-refractivity contribution in [2.45, 2.75) is 45.8 Å². The lowest BCUT2D eigenvalue weighted by Crippen LogP contribution is -2.42. The van der Waals surface area contributed by atoms with Crippen LogP contribution in [0.5, 0.6) is 0 Å². The molecular formula is C16H24F3N3O. The van der Waals surface area contributed by atoms with Crippen LogP contribution in [0.3, 0.4) is 0 Å². The second-order valence-corrected chi connectivity index (χ2v) is 5.50. The van der Waals surface area contributed by atoms with Gasteiger partial charge in [-0.05, 0) is 51.1 Å². The molecule has 0 bridgehead atoms. The molecule has 3 N–H and O–H groups in total. The number of hydrogen-bond acceptors (Lipinski definition) is 3. The van der Waals surface area contributed by atoms with Crippen molar-refractivity contribution in [1.29, 1.82) is 0 Å². The zero-order valence-electron chi connectivity index (χ0n) is 13.7. The first-order valence-electron chi connectivity index (χ1n) is 7.72. The summed E-state index contributed by atoms with van der Waals surface area (Å²) >= 11 is 0. The lowest BCUT2D eigenvalue weighted by atomic mass is 10.1. The van der Waals surface area contributed by atoms with Crippen molar-refractivity contribution in [2.75, 3.05) is 24.1 Å². The minimum Gasteiger partial charge on any atom is -0.398 e. The number of nitrogens with zero attached hydrogens (tertiary/aromatic N) is 1. The van der Waals surface area contributed by atoms with Gasteiger partial charge in [0.15, 0.2) is 0 Å². The van der Waals surface area contributed by atoms with E-state index in [4.69, 9.17) is 5.73 Å². The third-order valence-electron chi connectivity index (χ3n) is 3.58. The largest absolute Gasteiger partial charge is 0.418 e. The maximum Gasteiger partial charge on any atom is 0.418 e. The molecule has 0 saturated carbocycles. The molecule has 23 heavy (non-hydrogen) atoms. The number of nitrogens with one attached hydrogen (secondary N) is 1. The number of alkyl halides is 3. The van der Waals surface area contributed by atoms with E-state index in [9.17, 15) is 18.0 Å². The van der Waals surface area contributed by atoms with E-state index in [1.54, 1.807) is 6.92 Å². The number of amides is 1. The molecular weight excluding hydrogens is 307 g/mol. The van der Waals surface area contributed by atoms with Crippen molar-refractivity contribution in [3.63, 3.8) is 0 Å². The molecule has 0 heterocycles. The number of carbonyl (C=O) groups is 1. The summed E-state index contributed by atoms with van der Waals surface area (Å²) in [6.45, 7) is 7.31. The summed E-state index contributed by atoms with van der Waals surface area (Å²) in [5.74, 6) is -0.329. The molecule has 130 valence electrons. The maximum atomic E-state index is 12.9. The van der Waals surface area contributed by atoms with Crippen LogP contribution in [-0.4, -0.2) is 29.9 Å². The van der Waals surface area contributed by atoms with Gasteiger partial charge in [-0.1, -0.05) is 13.8 Å². The number of rotatable bonds is 7. The molecule has 1 atom stereocenters. The number of nitrogens with two attached hydrogens (primary N) is 1. The number of anilines is 2. The van der Waals surface area contributed by atoms with E-state index in [0.717, 1.165) is 38.1 Å². The van der Waals surface area contributed by atoms with Crippen molar-refractivity contribution in [3.8, 4) is 0 Å². The molecule has 1 aromatic carbocycles. The summed E-state index contributed by atoms with van der Waals surface area (Å²) in [7, 11) is 0. The fourth-order valence-corrected chi connectivity index (χ4v) is 2.37. The monoisotopic (exact) mass is 331 g/mol. The second-order valence-electron chi connectivity index (χ2n) is 5.50. The predicted octanol–water partition coefficient (Wildman–Crippen LogP) is 3.74. The summed E-state index contributed by atoms with van der Waals surface area (Å²) in [5.41, 5.74) is 4.14. The Balaban J connectivity index is 2.88. The van der Waals surface area contributed by atoms with E-state index in [1.165, 1.54) is 6.07 Å². The highest BCUT2D eigenvalue weighted by Gasteiger charge is 2.33. The number of benzene rings is 1. The predicted molar refractivity (Wildman–Crippen MR) is 86.1 cm³/mol. The van der Waals surface area contributed by atoms with E-state index in [2.05, 4.69) is 5.32 Å². The molecule has 1 aromatic rings. The van der Waals surface area contributed by atoms with E-state index < -0.39 is 17.8 Å². The third-order valence-corrected chi connectivity index (χ3v) is 3.58. The molecule has 0 aliphatic heterocycles. The number of hydrogen-bond donors (Lipinski definition) is 2. The van der Waals surface area contributed by atoms with Crippen molar-refractivity contribution in [3.05, 3.63) is 23.8 Å². The van der Waals surface area contributed by atoms with Gasteiger partial charge < -0.3 is 11.1 Å². The molecule has 4 nitrogen and oxygen atoms in total. The number of nitrogen functional groups attached to an aromatic ring is 1. The Morgan fingerprint density at radius 2 is 1.83 bits per heavy atom. The van der Waals surface area contributed by atoms with Crippen LogP contribution in [0.15, 0.2) is 18.2 Å². The highest BCUT2D eigenvalue weighted by atomic mass is 19.4. The first kappa shape index (κ1) is 19.3. The highest BCUT2D eigenvalue weighted by molar-refractivity contribution is 5.94. The van der Waals surface area contributed by atoms with Gasteiger partial charge >= 0.3 is 6.18 Å². The molecule has 0 spiro atoms. The number of carbonyl (C=O) groups excluding carboxylic acids is 1. The van der Waals surface area contributed by atoms with E-state index >= 15 is 0 Å². The smallest absolute Gasteiger partial charge is 0.398 e. The first-order chi connectivity index (χ1) is 10.7. The molecule has 1 amide bonds. The molecule has 0 aliphatic rings. The molecule has 0 aliphatic carbocycles. The van der Waals surface area contributed by atoms with Crippen molar-refractivity contribution >= 4 is 17.3 Å². The maximum absolute atomic E-state index is 12.9. The van der Waals surface area contributed by atoms with Crippen molar-refractivity contribution in [1.82, 2.24) is 4.90 Å². The van der Waals surface area contributed by atoms with Gasteiger partial charge in [0.05, 0.1) is 11.6 Å². The summed E-state index contributed by atoms with van der Waals surface area (Å²) < 4.78 is 38.6. The Labute approximate surface area is 134 Å². The lowest BCUT2D eigenvalue weighted by molar-refractivity contribution is -0.137. The SMILES string of the molecule is CCCN(CCC)C(C)C(=O)Nc1ccc(N)c(C(F)(F)F)c1. The van der Waals surface area contributed by atoms with Gasteiger partial charge in [-0.25, -0.2) is 0 Å². The van der Waals surface area contributed by atoms with Gasteiger partial charge in [-0.15, -0.1) is 0 Å². The molecule has 0 aromatic heterocycles. The Morgan fingerprint density at radius 3 is 2.30 bits per heavy atom. The summed E-state index contributed by atoms with van der Waals surface area (Å²) in [4.78, 5) is 14.3. The average Bonchev–Trinajstić information content (AvgIpc) is 2.47. The first-order valence-corrected chi connectivity index (χ1v) is 7.72. The van der Waals surface area contributed by atoms with Crippen LogP contribution in [0.4, 0.5) is 24.5 Å². The Hall–Kier alpha value is -1.76. The Bertz CT molecular complexity index is 526. The van der Waals surface area contributed by atoms with Crippen LogP contribution in [0.25, 0.3) is 0 Å². The average molecular weight is 331 g/mol. The van der Waals surface area contributed by atoms with Gasteiger partial charge in [0.2, 0.25) is 5.91 Å². The third kappa shape index (κ3) is 5.42. The van der Waals surface area contributed by atoms with Gasteiger partial charge in [0, 0.05) is 11.4 Å².